The summed E-state index contributed by atoms with van der Waals surface area (Å²) in [5, 5.41) is 12.0. The number of rotatable bonds is 1. The van der Waals surface area contributed by atoms with Crippen LogP contribution in [0.1, 0.15) is 80.8 Å². The highest BCUT2D eigenvalue weighted by Crippen LogP contribution is 2.49. The average Bonchev–Trinajstić information content (AvgIpc) is 3.10. The first-order chi connectivity index (χ1) is 21.2. The number of nitrogens with zero attached hydrogens (tertiary/aromatic N) is 2. The van der Waals surface area contributed by atoms with E-state index in [1.165, 1.54) is 11.1 Å². The number of hydrogen-bond acceptors (Lipinski definition) is 7. The molecule has 6 rings (SSSR count). The van der Waals surface area contributed by atoms with Gasteiger partial charge in [-0.3, -0.25) is 4.79 Å². The van der Waals surface area contributed by atoms with Gasteiger partial charge in [0.25, 0.3) is 5.91 Å². The SMILES string of the molecule is C[C@@H]1[C@@H](C)C[C@@H](N(C)C)C[C@](C)(O)[C@@H]2CC[C@H]2CN2C[C@@]3(CCCc4cc(Cl)ccc43)COc3ccc(cc32)C(=O)NS1(=O)=O. The molecule has 0 aromatic heterocycles. The van der Waals surface area contributed by atoms with E-state index in [-0.39, 0.29) is 34.8 Å². The summed E-state index contributed by atoms with van der Waals surface area (Å²) in [6, 6.07) is 11.4. The highest BCUT2D eigenvalue weighted by Gasteiger charge is 2.48. The summed E-state index contributed by atoms with van der Waals surface area (Å²) in [5.41, 5.74) is 2.41. The van der Waals surface area contributed by atoms with Gasteiger partial charge in [-0.05, 0) is 132 Å². The van der Waals surface area contributed by atoms with E-state index in [1.54, 1.807) is 25.1 Å². The fraction of sp³-hybridized carbons (Fsp3) is 0.629. The van der Waals surface area contributed by atoms with Gasteiger partial charge >= 0.3 is 0 Å². The fourth-order valence-electron chi connectivity index (χ4n) is 8.46. The van der Waals surface area contributed by atoms with E-state index < -0.39 is 26.8 Å². The first-order valence-corrected chi connectivity index (χ1v) is 18.4. The predicted octanol–water partition coefficient (Wildman–Crippen LogP) is 5.40. The van der Waals surface area contributed by atoms with Crippen LogP contribution in [0.5, 0.6) is 5.75 Å². The van der Waals surface area contributed by atoms with Crippen LogP contribution in [0.3, 0.4) is 0 Å². The summed E-state index contributed by atoms with van der Waals surface area (Å²) in [5.74, 6) is 0.196. The zero-order valence-corrected chi connectivity index (χ0v) is 28.8. The van der Waals surface area contributed by atoms with Crippen LogP contribution in [0.15, 0.2) is 36.4 Å². The van der Waals surface area contributed by atoms with Crippen LogP contribution in [0.4, 0.5) is 5.69 Å². The quantitative estimate of drug-likeness (QED) is 0.424. The highest BCUT2D eigenvalue weighted by molar-refractivity contribution is 7.90. The molecule has 2 bridgehead atoms. The first kappa shape index (κ1) is 32.6. The van der Waals surface area contributed by atoms with E-state index in [9.17, 15) is 18.3 Å². The number of aliphatic hydroxyl groups is 1. The zero-order valence-electron chi connectivity index (χ0n) is 27.2. The molecule has 2 aliphatic heterocycles. The van der Waals surface area contributed by atoms with Gasteiger partial charge < -0.3 is 19.6 Å². The maximum atomic E-state index is 13.5. The van der Waals surface area contributed by atoms with Gasteiger partial charge in [-0.2, -0.15) is 0 Å². The van der Waals surface area contributed by atoms with Gasteiger partial charge in [0, 0.05) is 35.1 Å². The number of nitrogens with one attached hydrogen (secondary N) is 1. The fourth-order valence-corrected chi connectivity index (χ4v) is 9.94. The maximum Gasteiger partial charge on any atom is 0.264 e. The van der Waals surface area contributed by atoms with Crippen LogP contribution in [-0.2, 0) is 21.9 Å². The molecule has 2 aromatic carbocycles. The Balaban J connectivity index is 1.44. The van der Waals surface area contributed by atoms with Gasteiger partial charge in [0.05, 0.1) is 23.1 Å². The summed E-state index contributed by atoms with van der Waals surface area (Å²) in [7, 11) is 0.0226. The van der Waals surface area contributed by atoms with E-state index in [1.807, 2.05) is 34.0 Å². The molecule has 2 aromatic rings. The lowest BCUT2D eigenvalue weighted by Crippen LogP contribution is -2.54. The minimum atomic E-state index is -3.96. The lowest BCUT2D eigenvalue weighted by atomic mass is 9.63. The molecule has 10 heteroatoms. The topological polar surface area (TPSA) is 99.2 Å². The molecule has 1 spiro atoms. The molecular weight excluding hydrogens is 610 g/mol. The van der Waals surface area contributed by atoms with Crippen molar-refractivity contribution in [3.63, 3.8) is 0 Å². The standard InChI is InChI=1S/C35H48ClN3O5S/c1-22-15-28(38(4)5)18-34(3,41)29-11-8-26(29)19-39-20-35(14-6-7-24-16-27(36)10-12-30(24)35)21-44-32-13-9-25(17-31(32)39)33(40)37-45(42,43)23(22)2/h9-10,12-13,16-17,22-23,26,28-29,41H,6-8,11,14-15,18-21H2,1-5H3,(H,37,40)/t22-,23+,26-,28+,29+,34-,35-/m0/s1. The van der Waals surface area contributed by atoms with Crippen molar-refractivity contribution in [2.45, 2.75) is 88.0 Å². The van der Waals surface area contributed by atoms with Gasteiger partial charge in [-0.25, -0.2) is 13.1 Å². The third kappa shape index (κ3) is 6.22. The summed E-state index contributed by atoms with van der Waals surface area (Å²) in [6.07, 6.45) is 6.06. The second-order valence-electron chi connectivity index (χ2n) is 14.8. The van der Waals surface area contributed by atoms with Gasteiger partial charge in [-0.15, -0.1) is 0 Å². The van der Waals surface area contributed by atoms with Crippen LogP contribution >= 0.6 is 11.6 Å². The largest absolute Gasteiger partial charge is 0.490 e. The number of carbonyl (C=O) groups excluding carboxylic acids is 1. The molecule has 2 heterocycles. The van der Waals surface area contributed by atoms with Gasteiger partial charge in [0.15, 0.2) is 0 Å². The van der Waals surface area contributed by atoms with E-state index in [0.717, 1.165) is 42.8 Å². The summed E-state index contributed by atoms with van der Waals surface area (Å²) in [4.78, 5) is 18.0. The maximum absolute atomic E-state index is 13.5. The molecular formula is C35H48ClN3O5S. The molecule has 8 nitrogen and oxygen atoms in total. The molecule has 1 saturated carbocycles. The Bertz CT molecular complexity index is 1560. The number of benzene rings is 2. The Hall–Kier alpha value is -2.33. The van der Waals surface area contributed by atoms with Crippen molar-refractivity contribution in [2.75, 3.05) is 38.7 Å². The number of hydrogen-bond donors (Lipinski definition) is 2. The molecule has 0 unspecified atom stereocenters. The molecule has 4 aliphatic rings. The molecule has 45 heavy (non-hydrogen) atoms. The number of ether oxygens (including phenoxy) is 1. The summed E-state index contributed by atoms with van der Waals surface area (Å²) < 4.78 is 35.9. The minimum Gasteiger partial charge on any atom is -0.490 e. The van der Waals surface area contributed by atoms with Crippen molar-refractivity contribution in [2.24, 2.45) is 17.8 Å². The predicted molar refractivity (Wildman–Crippen MR) is 179 cm³/mol. The van der Waals surface area contributed by atoms with Crippen molar-refractivity contribution >= 4 is 33.2 Å². The molecule has 2 N–H and O–H groups in total. The molecule has 2 aliphatic carbocycles. The van der Waals surface area contributed by atoms with Crippen molar-refractivity contribution in [3.8, 4) is 5.75 Å². The number of fused-ring (bicyclic) bond motifs is 4. The number of aryl methyl sites for hydroxylation is 1. The van der Waals surface area contributed by atoms with Crippen LogP contribution in [-0.4, -0.2) is 75.0 Å². The van der Waals surface area contributed by atoms with E-state index in [0.29, 0.717) is 38.3 Å². The minimum absolute atomic E-state index is 0.0164. The third-order valence-corrected chi connectivity index (χ3v) is 13.7. The van der Waals surface area contributed by atoms with Gasteiger partial charge in [-0.1, -0.05) is 24.6 Å². The van der Waals surface area contributed by atoms with Crippen LogP contribution in [0.2, 0.25) is 5.02 Å². The highest BCUT2D eigenvalue weighted by atomic mass is 35.5. The second kappa shape index (κ2) is 12.0. The number of amides is 1. The summed E-state index contributed by atoms with van der Waals surface area (Å²) in [6.45, 7) is 7.45. The van der Waals surface area contributed by atoms with Crippen LogP contribution in [0, 0.1) is 17.8 Å². The lowest BCUT2D eigenvalue weighted by molar-refractivity contribution is -0.0857. The molecule has 0 radical (unpaired) electrons. The number of sulfonamides is 1. The van der Waals surface area contributed by atoms with Crippen LogP contribution < -0.4 is 14.4 Å². The Labute approximate surface area is 273 Å². The summed E-state index contributed by atoms with van der Waals surface area (Å²) >= 11 is 6.42. The monoisotopic (exact) mass is 657 g/mol. The Morgan fingerprint density at radius 2 is 1.91 bits per heavy atom. The zero-order chi connectivity index (χ0) is 32.3. The van der Waals surface area contributed by atoms with Crippen molar-refractivity contribution in [1.29, 1.82) is 0 Å². The Kier molecular flexibility index (Phi) is 8.72. The number of carbonyl (C=O) groups is 1. The molecule has 246 valence electrons. The van der Waals surface area contributed by atoms with Crippen molar-refractivity contribution in [3.05, 3.63) is 58.1 Å². The molecule has 1 fully saturated rings. The molecule has 7 atom stereocenters. The number of anilines is 1. The number of halogens is 1. The van der Waals surface area contributed by atoms with Gasteiger partial charge in [0.1, 0.15) is 5.75 Å². The Morgan fingerprint density at radius 1 is 1.13 bits per heavy atom. The van der Waals surface area contributed by atoms with Crippen molar-refractivity contribution < 1.29 is 23.1 Å². The average molecular weight is 658 g/mol. The van der Waals surface area contributed by atoms with Crippen LogP contribution in [0.25, 0.3) is 0 Å². The third-order valence-electron chi connectivity index (χ3n) is 11.5. The van der Waals surface area contributed by atoms with E-state index >= 15 is 0 Å². The first-order valence-electron chi connectivity index (χ1n) is 16.4. The normalized spacial score (nSPS) is 35.0. The second-order valence-corrected chi connectivity index (χ2v) is 17.3. The molecule has 0 saturated heterocycles. The molecule has 1 amide bonds. The van der Waals surface area contributed by atoms with Crippen molar-refractivity contribution in [1.82, 2.24) is 9.62 Å². The Morgan fingerprint density at radius 3 is 2.62 bits per heavy atom. The smallest absolute Gasteiger partial charge is 0.264 e. The van der Waals surface area contributed by atoms with E-state index in [4.69, 9.17) is 16.3 Å². The van der Waals surface area contributed by atoms with Gasteiger partial charge in [0.2, 0.25) is 10.0 Å². The lowest BCUT2D eigenvalue weighted by Gasteiger charge is -2.50. The van der Waals surface area contributed by atoms with E-state index in [2.05, 4.69) is 26.7 Å².